The number of aromatic nitrogens is 1. The highest BCUT2D eigenvalue weighted by Crippen LogP contribution is 2.45. The van der Waals surface area contributed by atoms with Gasteiger partial charge in [0, 0.05) is 66.4 Å². The molecule has 3 heterocycles. The van der Waals surface area contributed by atoms with E-state index in [1.165, 1.54) is 49.1 Å². The van der Waals surface area contributed by atoms with Gasteiger partial charge < -0.3 is 19.2 Å². The molecule has 4 nitrogen and oxygen atoms in total. The summed E-state index contributed by atoms with van der Waals surface area (Å²) < 4.78 is 9.13. The van der Waals surface area contributed by atoms with Crippen molar-refractivity contribution >= 4 is 101 Å². The van der Waals surface area contributed by atoms with Gasteiger partial charge in [0.15, 0.2) is 12.9 Å². The summed E-state index contributed by atoms with van der Waals surface area (Å²) in [6.45, 7) is 6.88. The van der Waals surface area contributed by atoms with Gasteiger partial charge in [-0.2, -0.15) is 0 Å². The van der Waals surface area contributed by atoms with Gasteiger partial charge in [0.05, 0.1) is 11.2 Å². The Balaban J connectivity index is 1.19. The molecular weight excluding hydrogens is 741 g/mol. The average Bonchev–Trinajstić information content (AvgIpc) is 3.85. The summed E-state index contributed by atoms with van der Waals surface area (Å²) in [5, 5.41) is 11.1. The van der Waals surface area contributed by atoms with Crippen molar-refractivity contribution in [2.75, 3.05) is 10.2 Å². The van der Waals surface area contributed by atoms with Crippen molar-refractivity contribution in [3.63, 3.8) is 0 Å². The summed E-state index contributed by atoms with van der Waals surface area (Å²) >= 11 is 0. The molecule has 0 saturated heterocycles. The first-order chi connectivity index (χ1) is 29.9. The fourth-order valence-electron chi connectivity index (χ4n) is 9.61. The molecule has 61 heavy (non-hydrogen) atoms. The molecule has 0 bridgehead atoms. The van der Waals surface area contributed by atoms with E-state index in [-0.39, 0.29) is 5.41 Å². The van der Waals surface area contributed by atoms with Crippen LogP contribution in [-0.2, 0) is 5.41 Å². The molecule has 0 aliphatic carbocycles. The number of fused-ring (bicyclic) bond motifs is 10. The quantitative estimate of drug-likeness (QED) is 0.171. The zero-order chi connectivity index (χ0) is 40.8. The van der Waals surface area contributed by atoms with Crippen molar-refractivity contribution in [1.29, 1.82) is 0 Å². The van der Waals surface area contributed by atoms with E-state index in [0.29, 0.717) is 0 Å². The molecule has 1 aliphatic heterocycles. The van der Waals surface area contributed by atoms with Gasteiger partial charge >= 0.3 is 0 Å². The number of nitrogens with zero attached hydrogens (tertiary/aromatic N) is 2. The molecule has 9 aromatic carbocycles. The van der Waals surface area contributed by atoms with Gasteiger partial charge in [-0.25, -0.2) is 0 Å². The van der Waals surface area contributed by atoms with Gasteiger partial charge in [0.2, 0.25) is 0 Å². The van der Waals surface area contributed by atoms with Gasteiger partial charge in [-0.05, 0) is 88.1 Å². The molecule has 1 N–H and O–H groups in total. The first-order valence-corrected chi connectivity index (χ1v) is 21.1. The maximum absolute atomic E-state index is 6.58. The van der Waals surface area contributed by atoms with Crippen LogP contribution >= 0.6 is 0 Å². The van der Waals surface area contributed by atoms with E-state index in [4.69, 9.17) is 4.42 Å². The van der Waals surface area contributed by atoms with E-state index in [1.54, 1.807) is 0 Å². The molecular formula is C56H41BN3O. The van der Waals surface area contributed by atoms with Crippen LogP contribution in [0, 0.1) is 0 Å². The lowest BCUT2D eigenvalue weighted by atomic mass is 9.59. The van der Waals surface area contributed by atoms with Crippen LogP contribution in [0.1, 0.15) is 26.3 Å². The number of benzene rings is 9. The standard InChI is InChI=1S/C56H41BN3O/c1-56(2,3)36-29-31-48(58-49-26-15-24-44-41-22-12-13-27-51(41)61-55(44)49)45(32-36)46-33-39(59(37-17-6-4-7-18-37)38-19-8-5-9-20-38)34-50-52(46)57-47-25-14-23-42-43-30-28-35-16-10-11-21-40(35)53(43)60(50)54(42)47/h4-34,58H,1-3H3. The van der Waals surface area contributed by atoms with Crippen molar-refractivity contribution in [3.05, 3.63) is 194 Å². The van der Waals surface area contributed by atoms with Crippen molar-refractivity contribution < 1.29 is 4.42 Å². The van der Waals surface area contributed by atoms with E-state index in [9.17, 15) is 0 Å². The lowest BCUT2D eigenvalue weighted by Gasteiger charge is -2.31. The molecule has 289 valence electrons. The number of para-hydroxylation sites is 5. The Morgan fingerprint density at radius 3 is 1.97 bits per heavy atom. The Kier molecular flexibility index (Phi) is 7.86. The fourth-order valence-corrected chi connectivity index (χ4v) is 9.61. The highest BCUT2D eigenvalue weighted by molar-refractivity contribution is 6.73. The minimum atomic E-state index is -0.0954. The zero-order valence-electron chi connectivity index (χ0n) is 34.3. The Morgan fingerprint density at radius 2 is 1.18 bits per heavy atom. The molecule has 5 heteroatoms. The van der Waals surface area contributed by atoms with E-state index in [1.807, 2.05) is 12.1 Å². The van der Waals surface area contributed by atoms with Gasteiger partial charge in [-0.3, -0.25) is 0 Å². The molecule has 1 aliphatic rings. The Bertz CT molecular complexity index is 3480. The molecule has 0 unspecified atom stereocenters. The molecule has 2 aromatic heterocycles. The third-order valence-corrected chi connectivity index (χ3v) is 12.5. The van der Waals surface area contributed by atoms with Crippen molar-refractivity contribution in [1.82, 2.24) is 4.57 Å². The van der Waals surface area contributed by atoms with Gasteiger partial charge in [-0.1, -0.05) is 154 Å². The Labute approximate surface area is 355 Å². The van der Waals surface area contributed by atoms with Crippen molar-refractivity contribution in [2.45, 2.75) is 26.2 Å². The van der Waals surface area contributed by atoms with Crippen LogP contribution in [-0.4, -0.2) is 11.8 Å². The number of hydrogen-bond acceptors (Lipinski definition) is 3. The summed E-state index contributed by atoms with van der Waals surface area (Å²) in [6.07, 6.45) is 0. The maximum atomic E-state index is 6.58. The summed E-state index contributed by atoms with van der Waals surface area (Å²) in [7, 11) is 2.42. The monoisotopic (exact) mass is 782 g/mol. The molecule has 0 atom stereocenters. The van der Waals surface area contributed by atoms with Crippen LogP contribution in [0.25, 0.3) is 71.3 Å². The predicted molar refractivity (Wildman–Crippen MR) is 259 cm³/mol. The highest BCUT2D eigenvalue weighted by atomic mass is 16.3. The van der Waals surface area contributed by atoms with Gasteiger partial charge in [-0.15, -0.1) is 0 Å². The maximum Gasteiger partial charge on any atom is 0.197 e. The molecule has 11 aromatic rings. The average molecular weight is 783 g/mol. The number of hydrogen-bond donors (Lipinski definition) is 1. The van der Waals surface area contributed by atoms with Crippen LogP contribution in [0.3, 0.4) is 0 Å². The van der Waals surface area contributed by atoms with Crippen LogP contribution < -0.4 is 21.1 Å². The first kappa shape index (κ1) is 35.4. The van der Waals surface area contributed by atoms with E-state index >= 15 is 0 Å². The number of rotatable bonds is 6. The number of nitrogens with one attached hydrogen (secondary N) is 1. The second kappa shape index (κ2) is 13.5. The molecule has 0 saturated carbocycles. The van der Waals surface area contributed by atoms with Gasteiger partial charge in [0.25, 0.3) is 0 Å². The third-order valence-electron chi connectivity index (χ3n) is 12.5. The predicted octanol–water partition coefficient (Wildman–Crippen LogP) is 14.0. The summed E-state index contributed by atoms with van der Waals surface area (Å²) in [6, 6.07) is 68.0. The van der Waals surface area contributed by atoms with Crippen LogP contribution in [0.4, 0.5) is 28.4 Å². The molecule has 12 rings (SSSR count). The number of furan rings is 1. The van der Waals surface area contributed by atoms with Crippen LogP contribution in [0.5, 0.6) is 0 Å². The molecule has 0 spiro atoms. The van der Waals surface area contributed by atoms with E-state index in [2.05, 4.69) is 219 Å². The highest BCUT2D eigenvalue weighted by Gasteiger charge is 2.30. The SMILES string of the molecule is CC(C)(C)c1ccc(Nc2cccc3c2oc2ccccc23)c(-c2cc(N(c3ccccc3)c3ccccc3)cc3c2[B]c2cccc4c5ccc6ccccc6c5n-3c24)c1. The van der Waals surface area contributed by atoms with Crippen molar-refractivity contribution in [3.8, 4) is 16.8 Å². The third kappa shape index (κ3) is 5.61. The number of anilines is 5. The molecule has 0 amide bonds. The minimum absolute atomic E-state index is 0.0954. The Hall–Kier alpha value is -7.50. The summed E-state index contributed by atoms with van der Waals surface area (Å²) in [5.74, 6) is 0. The fraction of sp³-hybridized carbons (Fsp3) is 0.0714. The lowest BCUT2D eigenvalue weighted by Crippen LogP contribution is -2.37. The zero-order valence-corrected chi connectivity index (χ0v) is 34.3. The summed E-state index contributed by atoms with van der Waals surface area (Å²) in [5.41, 5.74) is 16.3. The van der Waals surface area contributed by atoms with Crippen LogP contribution in [0.2, 0.25) is 0 Å². The molecule has 0 fully saturated rings. The largest absolute Gasteiger partial charge is 0.454 e. The van der Waals surface area contributed by atoms with Crippen LogP contribution in [0.15, 0.2) is 192 Å². The van der Waals surface area contributed by atoms with Gasteiger partial charge in [0.1, 0.15) is 5.58 Å². The normalized spacial score (nSPS) is 12.3. The first-order valence-electron chi connectivity index (χ1n) is 21.1. The van der Waals surface area contributed by atoms with Crippen molar-refractivity contribution in [2.24, 2.45) is 0 Å². The second-order valence-corrected chi connectivity index (χ2v) is 17.3. The van der Waals surface area contributed by atoms with E-state index < -0.39 is 0 Å². The lowest BCUT2D eigenvalue weighted by molar-refractivity contribution is 0.590. The minimum Gasteiger partial charge on any atom is -0.454 e. The van der Waals surface area contributed by atoms with E-state index in [0.717, 1.165) is 67.2 Å². The molecule has 1 radical (unpaired) electrons. The smallest absolute Gasteiger partial charge is 0.197 e. The Morgan fingerprint density at radius 1 is 0.508 bits per heavy atom. The summed E-state index contributed by atoms with van der Waals surface area (Å²) in [4.78, 5) is 2.39. The topological polar surface area (TPSA) is 33.3 Å². The second-order valence-electron chi connectivity index (χ2n) is 17.3.